The standard InChI is InChI=1S/C38H60O9/c1-12-14-30(39)24(4)17-18-31(40)27(7)36(43)29(9)37-32(45-10)16-13-15-22(2)19-25(5)34(41)28(8)35(42)26(6)20-23(3)21-33(46-11)38(44)47-37/h12-18,20-21,24-30,32,34-37,39,41-43H,19H2,1-11H3. The van der Waals surface area contributed by atoms with Crippen LogP contribution >= 0.6 is 0 Å². The van der Waals surface area contributed by atoms with E-state index in [1.165, 1.54) is 26.4 Å². The van der Waals surface area contributed by atoms with Crippen molar-refractivity contribution in [1.82, 2.24) is 0 Å². The molecule has 0 aliphatic carbocycles. The van der Waals surface area contributed by atoms with E-state index in [4.69, 9.17) is 14.2 Å². The number of carbonyl (C=O) groups is 2. The summed E-state index contributed by atoms with van der Waals surface area (Å²) in [6.07, 6.45) is 10.3. The van der Waals surface area contributed by atoms with Crippen molar-refractivity contribution in [3.05, 3.63) is 71.6 Å². The van der Waals surface area contributed by atoms with Crippen LogP contribution in [0.4, 0.5) is 0 Å². The third-order valence-electron chi connectivity index (χ3n) is 9.18. The molecule has 1 heterocycles. The van der Waals surface area contributed by atoms with E-state index in [9.17, 15) is 30.0 Å². The number of ketones is 1. The molecule has 0 amide bonds. The summed E-state index contributed by atoms with van der Waals surface area (Å²) >= 11 is 0. The highest BCUT2D eigenvalue weighted by atomic mass is 16.6. The van der Waals surface area contributed by atoms with E-state index in [0.717, 1.165) is 5.57 Å². The first-order valence-corrected chi connectivity index (χ1v) is 16.6. The Morgan fingerprint density at radius 1 is 1.04 bits per heavy atom. The average Bonchev–Trinajstić information content (AvgIpc) is 3.04. The van der Waals surface area contributed by atoms with Gasteiger partial charge in [-0.2, -0.15) is 0 Å². The Labute approximate surface area is 282 Å². The normalized spacial score (nSPS) is 30.7. The van der Waals surface area contributed by atoms with Crippen molar-refractivity contribution in [2.75, 3.05) is 14.2 Å². The molecular weight excluding hydrogens is 600 g/mol. The Morgan fingerprint density at radius 2 is 1.68 bits per heavy atom. The molecule has 0 fully saturated rings. The molecule has 1 aliphatic rings. The van der Waals surface area contributed by atoms with Gasteiger partial charge in [-0.1, -0.05) is 95.2 Å². The summed E-state index contributed by atoms with van der Waals surface area (Å²) in [5.74, 6) is -3.99. The Bertz CT molecular complexity index is 1180. The van der Waals surface area contributed by atoms with Crippen LogP contribution in [0.5, 0.6) is 0 Å². The topological polar surface area (TPSA) is 143 Å². The van der Waals surface area contributed by atoms with Crippen molar-refractivity contribution < 1.29 is 44.2 Å². The Balaban J connectivity index is 3.56. The van der Waals surface area contributed by atoms with E-state index >= 15 is 0 Å². The van der Waals surface area contributed by atoms with E-state index < -0.39 is 60.3 Å². The van der Waals surface area contributed by atoms with Gasteiger partial charge in [0, 0.05) is 36.7 Å². The highest BCUT2D eigenvalue weighted by Gasteiger charge is 2.38. The van der Waals surface area contributed by atoms with Gasteiger partial charge in [-0.05, 0) is 45.3 Å². The molecule has 9 nitrogen and oxygen atoms in total. The van der Waals surface area contributed by atoms with Gasteiger partial charge in [-0.15, -0.1) is 0 Å². The molecular formula is C38H60O9. The van der Waals surface area contributed by atoms with Crippen molar-refractivity contribution in [1.29, 1.82) is 0 Å². The first-order chi connectivity index (χ1) is 22.0. The quantitative estimate of drug-likeness (QED) is 0.140. The lowest BCUT2D eigenvalue weighted by Gasteiger charge is -2.33. The van der Waals surface area contributed by atoms with Gasteiger partial charge in [0.25, 0.3) is 0 Å². The van der Waals surface area contributed by atoms with Crippen LogP contribution in [0.3, 0.4) is 0 Å². The molecule has 4 N–H and O–H groups in total. The predicted octanol–water partition coefficient (Wildman–Crippen LogP) is 5.26. The number of allylic oxidation sites excluding steroid dienone is 7. The molecule has 12 atom stereocenters. The summed E-state index contributed by atoms with van der Waals surface area (Å²) in [7, 11) is 2.82. The lowest BCUT2D eigenvalue weighted by atomic mass is 9.81. The molecule has 9 heteroatoms. The highest BCUT2D eigenvalue weighted by Crippen LogP contribution is 2.28. The van der Waals surface area contributed by atoms with Crippen LogP contribution < -0.4 is 0 Å². The number of aliphatic hydroxyl groups is 4. The predicted molar refractivity (Wildman–Crippen MR) is 185 cm³/mol. The van der Waals surface area contributed by atoms with Crippen LogP contribution in [0, 0.1) is 35.5 Å². The van der Waals surface area contributed by atoms with E-state index in [2.05, 4.69) is 0 Å². The minimum Gasteiger partial charge on any atom is -0.490 e. The maximum Gasteiger partial charge on any atom is 0.373 e. The second-order valence-corrected chi connectivity index (χ2v) is 13.2. The molecule has 1 rings (SSSR count). The lowest BCUT2D eigenvalue weighted by molar-refractivity contribution is -0.162. The molecule has 0 spiro atoms. The van der Waals surface area contributed by atoms with E-state index in [1.807, 2.05) is 39.8 Å². The molecule has 0 aromatic heterocycles. The number of hydrogen-bond donors (Lipinski definition) is 4. The maximum atomic E-state index is 13.5. The molecule has 266 valence electrons. The van der Waals surface area contributed by atoms with Crippen molar-refractivity contribution in [3.8, 4) is 0 Å². The highest BCUT2D eigenvalue weighted by molar-refractivity contribution is 5.92. The fourth-order valence-corrected chi connectivity index (χ4v) is 5.87. The summed E-state index contributed by atoms with van der Waals surface area (Å²) in [4.78, 5) is 26.6. The van der Waals surface area contributed by atoms with Crippen LogP contribution in [-0.4, -0.2) is 83.0 Å². The molecule has 47 heavy (non-hydrogen) atoms. The SMILES string of the molecule is CC=CC(O)C(C)C=CC(=O)C(C)C(O)C(C)C1OC(=O)C(OC)=CC(C)=CC(C)C(O)C(C)C(O)C(C)CC(C)=CC=CC1OC. The van der Waals surface area contributed by atoms with E-state index in [0.29, 0.717) is 12.0 Å². The molecule has 0 bridgehead atoms. The van der Waals surface area contributed by atoms with Gasteiger partial charge >= 0.3 is 5.97 Å². The fraction of sp³-hybridized carbons (Fsp3) is 0.632. The molecule has 0 saturated carbocycles. The molecule has 0 radical (unpaired) electrons. The molecule has 1 aliphatic heterocycles. The molecule has 0 saturated heterocycles. The minimum atomic E-state index is -1.22. The van der Waals surface area contributed by atoms with Gasteiger partial charge < -0.3 is 34.6 Å². The van der Waals surface area contributed by atoms with Crippen molar-refractivity contribution in [2.45, 2.75) is 105 Å². The number of esters is 1. The zero-order chi connectivity index (χ0) is 36.0. The first kappa shape index (κ1) is 42.2. The summed E-state index contributed by atoms with van der Waals surface area (Å²) in [5.41, 5.74) is 1.63. The maximum absolute atomic E-state index is 13.5. The monoisotopic (exact) mass is 660 g/mol. The largest absolute Gasteiger partial charge is 0.490 e. The van der Waals surface area contributed by atoms with E-state index in [-0.39, 0.29) is 29.3 Å². The van der Waals surface area contributed by atoms with Crippen LogP contribution in [0.25, 0.3) is 0 Å². The number of rotatable bonds is 10. The number of aliphatic hydroxyl groups excluding tert-OH is 4. The summed E-state index contributed by atoms with van der Waals surface area (Å²) in [6.45, 7) is 16.2. The van der Waals surface area contributed by atoms with E-state index in [1.54, 1.807) is 65.0 Å². The van der Waals surface area contributed by atoms with Crippen LogP contribution in [-0.2, 0) is 23.8 Å². The van der Waals surface area contributed by atoms with Crippen molar-refractivity contribution in [2.24, 2.45) is 35.5 Å². The number of ether oxygens (including phenoxy) is 3. The third-order valence-corrected chi connectivity index (χ3v) is 9.18. The van der Waals surface area contributed by atoms with Gasteiger partial charge in [0.2, 0.25) is 5.76 Å². The van der Waals surface area contributed by atoms with Crippen molar-refractivity contribution in [3.63, 3.8) is 0 Å². The number of methoxy groups -OCH3 is 2. The zero-order valence-corrected chi connectivity index (χ0v) is 30.2. The Morgan fingerprint density at radius 3 is 2.26 bits per heavy atom. The minimum absolute atomic E-state index is 0.0924. The van der Waals surface area contributed by atoms with Crippen LogP contribution in [0.1, 0.15) is 68.7 Å². The summed E-state index contributed by atoms with van der Waals surface area (Å²) in [6, 6.07) is 0. The molecule has 12 unspecified atom stereocenters. The van der Waals surface area contributed by atoms with Crippen LogP contribution in [0.2, 0.25) is 0 Å². The average molecular weight is 661 g/mol. The smallest absolute Gasteiger partial charge is 0.373 e. The number of cyclic esters (lactones) is 1. The summed E-state index contributed by atoms with van der Waals surface area (Å²) in [5, 5.41) is 43.6. The number of hydrogen-bond acceptors (Lipinski definition) is 9. The molecule has 0 aromatic rings. The Kier molecular flexibility index (Phi) is 18.4. The van der Waals surface area contributed by atoms with Crippen LogP contribution in [0.15, 0.2) is 71.6 Å². The Hall–Kier alpha value is -2.82. The van der Waals surface area contributed by atoms with Gasteiger partial charge in [0.1, 0.15) is 12.2 Å². The van der Waals surface area contributed by atoms with Gasteiger partial charge in [0.15, 0.2) is 5.78 Å². The van der Waals surface area contributed by atoms with Gasteiger partial charge in [-0.25, -0.2) is 4.79 Å². The van der Waals surface area contributed by atoms with Crippen molar-refractivity contribution >= 4 is 11.8 Å². The zero-order valence-electron chi connectivity index (χ0n) is 30.2. The van der Waals surface area contributed by atoms with Gasteiger partial charge in [-0.3, -0.25) is 4.79 Å². The molecule has 0 aromatic carbocycles. The second-order valence-electron chi connectivity index (χ2n) is 13.2. The summed E-state index contributed by atoms with van der Waals surface area (Å²) < 4.78 is 17.1. The second kappa shape index (κ2) is 20.5. The lowest BCUT2D eigenvalue weighted by Crippen LogP contribution is -2.45. The fourth-order valence-electron chi connectivity index (χ4n) is 5.87. The first-order valence-electron chi connectivity index (χ1n) is 16.6. The van der Waals surface area contributed by atoms with Gasteiger partial charge in [0.05, 0.1) is 31.5 Å². The third kappa shape index (κ3) is 13.0. The number of carbonyl (C=O) groups excluding carboxylic acids is 2.